The molecule has 4 nitrogen and oxygen atoms in total. The highest BCUT2D eigenvalue weighted by atomic mass is 16.7. The summed E-state index contributed by atoms with van der Waals surface area (Å²) in [5.41, 5.74) is 2.24. The Morgan fingerprint density at radius 1 is 1.11 bits per heavy atom. The smallest absolute Gasteiger partial charge is 0.288 e. The van der Waals surface area contributed by atoms with E-state index in [1.54, 1.807) is 24.3 Å². The predicted octanol–water partition coefficient (Wildman–Crippen LogP) is 2.75. The molecule has 0 atom stereocenters. The fraction of sp³-hybridized carbons (Fsp3) is 0.0714. The number of hydrogen-bond donors (Lipinski definition) is 1. The molecule has 0 fully saturated rings. The van der Waals surface area contributed by atoms with Crippen LogP contribution in [-0.2, 0) is 0 Å². The van der Waals surface area contributed by atoms with Crippen LogP contribution in [0.1, 0.15) is 5.56 Å². The van der Waals surface area contributed by atoms with Crippen LogP contribution in [0.3, 0.4) is 0 Å². The molecule has 0 saturated heterocycles. The Morgan fingerprint density at radius 2 is 1.89 bits per heavy atom. The summed E-state index contributed by atoms with van der Waals surface area (Å²) in [6.07, 6.45) is 0. The van der Waals surface area contributed by atoms with Gasteiger partial charge in [0, 0.05) is 0 Å². The molecule has 0 bridgehead atoms. The minimum Gasteiger partial charge on any atom is -0.507 e. The number of phenols is 1. The van der Waals surface area contributed by atoms with Gasteiger partial charge in [-0.2, -0.15) is 0 Å². The van der Waals surface area contributed by atoms with Gasteiger partial charge in [0.15, 0.2) is 0 Å². The number of nitrogens with zero attached hydrogens (tertiary/aromatic N) is 1. The lowest BCUT2D eigenvalue weighted by Gasteiger charge is -1.98. The number of para-hydroxylation sites is 2. The molecule has 0 aliphatic carbocycles. The van der Waals surface area contributed by atoms with Crippen LogP contribution >= 0.6 is 0 Å². The number of rotatable bonds is 1. The van der Waals surface area contributed by atoms with E-state index >= 15 is 0 Å². The van der Waals surface area contributed by atoms with Crippen molar-refractivity contribution in [1.29, 1.82) is 0 Å². The zero-order valence-electron chi connectivity index (χ0n) is 9.75. The first-order valence-electron chi connectivity index (χ1n) is 5.59. The zero-order valence-corrected chi connectivity index (χ0v) is 9.75. The Bertz CT molecular complexity index is 731. The number of benzene rings is 2. The Hall–Kier alpha value is -2.49. The van der Waals surface area contributed by atoms with E-state index in [0.717, 1.165) is 5.56 Å². The van der Waals surface area contributed by atoms with Crippen LogP contribution in [0.25, 0.3) is 22.2 Å². The maximum Gasteiger partial charge on any atom is 0.288 e. The number of phenolic OH excluding ortho intramolecular Hbond substituents is 1. The number of hydrogen-bond acceptors (Lipinski definition) is 3. The number of aromatic nitrogens is 1. The van der Waals surface area contributed by atoms with E-state index in [-0.39, 0.29) is 5.75 Å². The van der Waals surface area contributed by atoms with Gasteiger partial charge in [0.25, 0.3) is 5.69 Å². The third-order valence-electron chi connectivity index (χ3n) is 2.98. The maximum atomic E-state index is 11.9. The fourth-order valence-corrected chi connectivity index (χ4v) is 2.10. The van der Waals surface area contributed by atoms with Gasteiger partial charge >= 0.3 is 0 Å². The van der Waals surface area contributed by atoms with Gasteiger partial charge in [-0.1, -0.05) is 24.3 Å². The first-order valence-corrected chi connectivity index (χ1v) is 5.59. The fourth-order valence-electron chi connectivity index (χ4n) is 2.10. The van der Waals surface area contributed by atoms with Crippen LogP contribution in [0.5, 0.6) is 5.75 Å². The molecule has 1 aromatic heterocycles. The molecule has 1 heterocycles. The summed E-state index contributed by atoms with van der Waals surface area (Å²) in [5, 5.41) is 22.4. The average molecular weight is 241 g/mol. The van der Waals surface area contributed by atoms with Crippen molar-refractivity contribution in [1.82, 2.24) is 0 Å². The molecule has 1 N–H and O–H groups in total. The summed E-state index contributed by atoms with van der Waals surface area (Å²) in [7, 11) is 0. The maximum absolute atomic E-state index is 11.9. The van der Waals surface area contributed by atoms with Gasteiger partial charge in [0.1, 0.15) is 5.75 Å². The van der Waals surface area contributed by atoms with Crippen molar-refractivity contribution in [2.24, 2.45) is 0 Å². The second kappa shape index (κ2) is 3.77. The largest absolute Gasteiger partial charge is 0.507 e. The molecule has 0 amide bonds. The van der Waals surface area contributed by atoms with E-state index in [0.29, 0.717) is 27.1 Å². The molecule has 0 spiro atoms. The van der Waals surface area contributed by atoms with Crippen LogP contribution in [0.15, 0.2) is 47.0 Å². The van der Waals surface area contributed by atoms with Gasteiger partial charge in [-0.05, 0) is 30.7 Å². The van der Waals surface area contributed by atoms with Gasteiger partial charge < -0.3 is 9.63 Å². The standard InChI is InChI=1S/C14H11NO3/c1-9-5-4-7-11-13(15(17)18-14(9)11)10-6-2-3-8-12(10)16/h2-8,16H,1H3. The lowest BCUT2D eigenvalue weighted by atomic mass is 10.1. The Morgan fingerprint density at radius 3 is 2.67 bits per heavy atom. The van der Waals surface area contributed by atoms with E-state index in [1.807, 2.05) is 25.1 Å². The van der Waals surface area contributed by atoms with Crippen molar-refractivity contribution < 1.29 is 14.5 Å². The summed E-state index contributed by atoms with van der Waals surface area (Å²) in [6, 6.07) is 12.3. The van der Waals surface area contributed by atoms with Crippen molar-refractivity contribution >= 4 is 11.0 Å². The van der Waals surface area contributed by atoms with Crippen molar-refractivity contribution in [2.75, 3.05) is 0 Å². The first-order chi connectivity index (χ1) is 8.68. The number of fused-ring (bicyclic) bond motifs is 1. The third-order valence-corrected chi connectivity index (χ3v) is 2.98. The molecule has 3 rings (SSSR count). The summed E-state index contributed by atoms with van der Waals surface area (Å²) in [4.78, 5) is 0.451. The van der Waals surface area contributed by atoms with E-state index in [4.69, 9.17) is 4.52 Å². The molecule has 2 aromatic carbocycles. The minimum atomic E-state index is 0.0614. The second-order valence-corrected chi connectivity index (χ2v) is 4.17. The van der Waals surface area contributed by atoms with Gasteiger partial charge in [0.2, 0.25) is 0 Å². The van der Waals surface area contributed by atoms with Crippen LogP contribution in [0, 0.1) is 12.1 Å². The first kappa shape index (κ1) is 10.7. The van der Waals surface area contributed by atoms with E-state index in [1.165, 1.54) is 0 Å². The van der Waals surface area contributed by atoms with Gasteiger partial charge in [0.05, 0.1) is 21.4 Å². The van der Waals surface area contributed by atoms with E-state index in [2.05, 4.69) is 0 Å². The quantitative estimate of drug-likeness (QED) is 0.666. The van der Waals surface area contributed by atoms with Gasteiger partial charge in [-0.25, -0.2) is 0 Å². The van der Waals surface area contributed by atoms with Crippen molar-refractivity contribution in [3.05, 3.63) is 53.2 Å². The molecule has 3 aromatic rings. The monoisotopic (exact) mass is 241 g/mol. The minimum absolute atomic E-state index is 0.0614. The lowest BCUT2D eigenvalue weighted by molar-refractivity contribution is -0.779. The lowest BCUT2D eigenvalue weighted by Crippen LogP contribution is -2.24. The molecule has 0 aliphatic rings. The summed E-state index contributed by atoms with van der Waals surface area (Å²) in [5.74, 6) is 0.0614. The molecule has 0 aliphatic heterocycles. The topological polar surface area (TPSA) is 60.3 Å². The van der Waals surface area contributed by atoms with Gasteiger partial charge in [-0.3, -0.25) is 5.21 Å². The third kappa shape index (κ3) is 1.43. The molecule has 18 heavy (non-hydrogen) atoms. The molecule has 0 saturated carbocycles. The Kier molecular flexibility index (Phi) is 2.23. The molecule has 0 unspecified atom stereocenters. The van der Waals surface area contributed by atoms with Gasteiger partial charge in [-0.15, -0.1) is 0 Å². The number of aromatic hydroxyl groups is 1. The van der Waals surface area contributed by atoms with E-state index < -0.39 is 0 Å². The molecular weight excluding hydrogens is 230 g/mol. The summed E-state index contributed by atoms with van der Waals surface area (Å²) < 4.78 is 5.19. The molecule has 90 valence electrons. The molecular formula is C14H11NO3. The summed E-state index contributed by atoms with van der Waals surface area (Å²) >= 11 is 0. The Labute approximate surface area is 103 Å². The highest BCUT2D eigenvalue weighted by Crippen LogP contribution is 2.33. The highest BCUT2D eigenvalue weighted by Gasteiger charge is 2.22. The highest BCUT2D eigenvalue weighted by molar-refractivity contribution is 5.92. The van der Waals surface area contributed by atoms with Crippen LogP contribution < -0.4 is 4.90 Å². The van der Waals surface area contributed by atoms with Crippen LogP contribution in [0.2, 0.25) is 0 Å². The molecule has 4 heteroatoms. The van der Waals surface area contributed by atoms with Crippen LogP contribution in [0.4, 0.5) is 0 Å². The SMILES string of the molecule is Cc1cccc2c(-c3ccccc3O)[n+]([O-])oc12. The Balaban J connectivity index is 2.40. The number of aryl methyl sites for hydroxylation is 1. The average Bonchev–Trinajstić information content (AvgIpc) is 2.68. The van der Waals surface area contributed by atoms with Crippen LogP contribution in [-0.4, -0.2) is 5.11 Å². The normalized spacial score (nSPS) is 10.9. The van der Waals surface area contributed by atoms with Crippen molar-refractivity contribution in [2.45, 2.75) is 6.92 Å². The van der Waals surface area contributed by atoms with E-state index in [9.17, 15) is 10.3 Å². The van der Waals surface area contributed by atoms with Crippen molar-refractivity contribution in [3.63, 3.8) is 0 Å². The zero-order chi connectivity index (χ0) is 12.7. The summed E-state index contributed by atoms with van der Waals surface area (Å²) in [6.45, 7) is 1.88. The second-order valence-electron chi connectivity index (χ2n) is 4.17. The predicted molar refractivity (Wildman–Crippen MR) is 67.0 cm³/mol. The van der Waals surface area contributed by atoms with Crippen molar-refractivity contribution in [3.8, 4) is 17.0 Å². The molecule has 0 radical (unpaired) electrons.